The molecular weight excluding hydrogens is 350 g/mol. The molecule has 2 N–H and O–H groups in total. The van der Waals surface area contributed by atoms with Crippen LogP contribution in [-0.2, 0) is 4.79 Å². The zero-order chi connectivity index (χ0) is 18.8. The molecule has 6 nitrogen and oxygen atoms in total. The number of benzene rings is 1. The van der Waals surface area contributed by atoms with Gasteiger partial charge in [0.15, 0.2) is 0 Å². The summed E-state index contributed by atoms with van der Waals surface area (Å²) in [4.78, 5) is 24.8. The van der Waals surface area contributed by atoms with Crippen molar-refractivity contribution >= 4 is 29.4 Å². The van der Waals surface area contributed by atoms with Gasteiger partial charge in [-0.1, -0.05) is 13.3 Å². The van der Waals surface area contributed by atoms with Gasteiger partial charge in [0.1, 0.15) is 5.75 Å². The number of aryl methyl sites for hydroxylation is 1. The molecule has 2 rings (SSSR count). The minimum Gasteiger partial charge on any atom is -0.494 e. The molecule has 0 saturated carbocycles. The lowest BCUT2D eigenvalue weighted by atomic mass is 10.2. The first kappa shape index (κ1) is 19.7. The summed E-state index contributed by atoms with van der Waals surface area (Å²) in [6, 6.07) is 8.82. The van der Waals surface area contributed by atoms with Gasteiger partial charge in [0, 0.05) is 10.4 Å². The molecule has 0 radical (unpaired) electrons. The van der Waals surface area contributed by atoms with Gasteiger partial charge in [0.05, 0.1) is 19.4 Å². The lowest BCUT2D eigenvalue weighted by Crippen LogP contribution is -2.34. The lowest BCUT2D eigenvalue weighted by molar-refractivity contribution is -0.120. The molecule has 0 bridgehead atoms. The van der Waals surface area contributed by atoms with Crippen molar-refractivity contribution < 1.29 is 14.3 Å². The number of amides is 2. The zero-order valence-electron chi connectivity index (χ0n) is 15.0. The van der Waals surface area contributed by atoms with E-state index in [2.05, 4.69) is 22.8 Å². The molecule has 1 aromatic carbocycles. The van der Waals surface area contributed by atoms with Crippen molar-refractivity contribution in [3.63, 3.8) is 0 Å². The summed E-state index contributed by atoms with van der Waals surface area (Å²) in [5, 5.41) is 8.41. The molecule has 1 heterocycles. The van der Waals surface area contributed by atoms with Gasteiger partial charge in [-0.15, -0.1) is 11.3 Å². The number of rotatable bonds is 9. The van der Waals surface area contributed by atoms with Gasteiger partial charge in [0.2, 0.25) is 0 Å². The van der Waals surface area contributed by atoms with Crippen LogP contribution in [0.3, 0.4) is 0 Å². The van der Waals surface area contributed by atoms with E-state index in [4.69, 9.17) is 4.74 Å². The summed E-state index contributed by atoms with van der Waals surface area (Å²) in [5.41, 5.74) is 3.97. The van der Waals surface area contributed by atoms with E-state index in [1.54, 1.807) is 41.8 Å². The standard InChI is InChI=1S/C19H23N3O3S/c1-3-4-10-25-16-7-5-15(6-8-16)19(24)20-13-18(23)22-21-12-17-14(2)9-11-26-17/h5-9,11-12H,3-4,10,13H2,1-2H3,(H,20,24)(H,22,23)/b21-12+. The van der Waals surface area contributed by atoms with Crippen LogP contribution in [0.1, 0.15) is 40.6 Å². The third-order valence-corrected chi connectivity index (χ3v) is 4.52. The maximum absolute atomic E-state index is 12.1. The SMILES string of the molecule is CCCCOc1ccc(C(=O)NCC(=O)N/N=C/c2sccc2C)cc1. The van der Waals surface area contributed by atoms with E-state index in [1.165, 1.54) is 0 Å². The second kappa shape index (κ2) is 10.4. The number of carbonyl (C=O) groups is 2. The minimum absolute atomic E-state index is 0.144. The molecule has 2 amide bonds. The molecule has 1 aromatic heterocycles. The molecule has 0 fully saturated rings. The molecule has 0 aliphatic heterocycles. The van der Waals surface area contributed by atoms with Crippen molar-refractivity contribution in [3.05, 3.63) is 51.7 Å². The normalized spacial score (nSPS) is 10.7. The first-order valence-corrected chi connectivity index (χ1v) is 9.35. The molecule has 0 unspecified atom stereocenters. The Morgan fingerprint density at radius 2 is 2.00 bits per heavy atom. The first-order valence-electron chi connectivity index (χ1n) is 8.47. The van der Waals surface area contributed by atoms with E-state index in [-0.39, 0.29) is 18.4 Å². The van der Waals surface area contributed by atoms with Crippen LogP contribution < -0.4 is 15.5 Å². The van der Waals surface area contributed by atoms with Crippen LogP contribution in [0.25, 0.3) is 0 Å². The predicted octanol–water partition coefficient (Wildman–Crippen LogP) is 3.12. The largest absolute Gasteiger partial charge is 0.494 e. The van der Waals surface area contributed by atoms with Crippen LogP contribution in [0.4, 0.5) is 0 Å². The molecule has 0 spiro atoms. The van der Waals surface area contributed by atoms with Gasteiger partial charge < -0.3 is 10.1 Å². The molecule has 0 saturated heterocycles. The number of thiophene rings is 1. The van der Waals surface area contributed by atoms with E-state index in [1.807, 2.05) is 18.4 Å². The fourth-order valence-electron chi connectivity index (χ4n) is 2.02. The Labute approximate surface area is 157 Å². The summed E-state index contributed by atoms with van der Waals surface area (Å²) in [6.07, 6.45) is 3.66. The van der Waals surface area contributed by atoms with Gasteiger partial charge in [-0.2, -0.15) is 5.10 Å². The molecule has 7 heteroatoms. The van der Waals surface area contributed by atoms with E-state index < -0.39 is 0 Å². The third kappa shape index (κ3) is 6.33. The highest BCUT2D eigenvalue weighted by molar-refractivity contribution is 7.11. The van der Waals surface area contributed by atoms with E-state index in [0.717, 1.165) is 29.0 Å². The topological polar surface area (TPSA) is 79.8 Å². The third-order valence-electron chi connectivity index (χ3n) is 3.57. The fourth-order valence-corrected chi connectivity index (χ4v) is 2.80. The molecule has 0 atom stereocenters. The Bertz CT molecular complexity index is 754. The summed E-state index contributed by atoms with van der Waals surface area (Å²) < 4.78 is 5.55. The van der Waals surface area contributed by atoms with E-state index in [9.17, 15) is 9.59 Å². The monoisotopic (exact) mass is 373 g/mol. The van der Waals surface area contributed by atoms with E-state index in [0.29, 0.717) is 12.2 Å². The number of unbranched alkanes of at least 4 members (excludes halogenated alkanes) is 1. The van der Waals surface area contributed by atoms with Gasteiger partial charge in [-0.3, -0.25) is 9.59 Å². The maximum Gasteiger partial charge on any atom is 0.259 e. The van der Waals surface area contributed by atoms with Gasteiger partial charge in [0.25, 0.3) is 11.8 Å². The Kier molecular flexibility index (Phi) is 7.82. The maximum atomic E-state index is 12.1. The number of carbonyl (C=O) groups excluding carboxylic acids is 2. The highest BCUT2D eigenvalue weighted by atomic mass is 32.1. The van der Waals surface area contributed by atoms with Gasteiger partial charge in [-0.25, -0.2) is 5.43 Å². The number of hydrogen-bond acceptors (Lipinski definition) is 5. The van der Waals surface area contributed by atoms with Crippen LogP contribution >= 0.6 is 11.3 Å². The van der Waals surface area contributed by atoms with Crippen LogP contribution in [-0.4, -0.2) is 31.2 Å². The number of ether oxygens (including phenoxy) is 1. The average Bonchev–Trinajstić information content (AvgIpc) is 3.05. The second-order valence-electron chi connectivity index (χ2n) is 5.67. The Balaban J connectivity index is 1.74. The van der Waals surface area contributed by atoms with Crippen LogP contribution in [0.5, 0.6) is 5.75 Å². The van der Waals surface area contributed by atoms with Crippen LogP contribution in [0.15, 0.2) is 40.8 Å². The summed E-state index contributed by atoms with van der Waals surface area (Å²) in [7, 11) is 0. The highest BCUT2D eigenvalue weighted by Crippen LogP contribution is 2.13. The van der Waals surface area contributed by atoms with E-state index >= 15 is 0 Å². The smallest absolute Gasteiger partial charge is 0.259 e. The Morgan fingerprint density at radius 3 is 2.65 bits per heavy atom. The Hall–Kier alpha value is -2.67. The summed E-state index contributed by atoms with van der Waals surface area (Å²) >= 11 is 1.54. The number of hydrogen-bond donors (Lipinski definition) is 2. The second-order valence-corrected chi connectivity index (χ2v) is 6.62. The van der Waals surface area contributed by atoms with Crippen molar-refractivity contribution in [1.82, 2.24) is 10.7 Å². The average molecular weight is 373 g/mol. The van der Waals surface area contributed by atoms with Crippen LogP contribution in [0, 0.1) is 6.92 Å². The molecule has 26 heavy (non-hydrogen) atoms. The van der Waals surface area contributed by atoms with Gasteiger partial charge >= 0.3 is 0 Å². The molecule has 0 aliphatic carbocycles. The fraction of sp³-hybridized carbons (Fsp3) is 0.316. The quantitative estimate of drug-likeness (QED) is 0.403. The lowest BCUT2D eigenvalue weighted by Gasteiger charge is -2.07. The van der Waals surface area contributed by atoms with Crippen LogP contribution in [0.2, 0.25) is 0 Å². The predicted molar refractivity (Wildman–Crippen MR) is 104 cm³/mol. The van der Waals surface area contributed by atoms with Crippen molar-refractivity contribution in [2.75, 3.05) is 13.2 Å². The van der Waals surface area contributed by atoms with Crippen molar-refractivity contribution in [3.8, 4) is 5.75 Å². The van der Waals surface area contributed by atoms with Gasteiger partial charge in [-0.05, 0) is 54.6 Å². The number of hydrazone groups is 1. The molecule has 138 valence electrons. The Morgan fingerprint density at radius 1 is 1.23 bits per heavy atom. The minimum atomic E-state index is -0.386. The highest BCUT2D eigenvalue weighted by Gasteiger charge is 2.08. The summed E-state index contributed by atoms with van der Waals surface area (Å²) in [6.45, 7) is 4.59. The number of nitrogens with one attached hydrogen (secondary N) is 2. The summed E-state index contributed by atoms with van der Waals surface area (Å²) in [5.74, 6) is 0.0209. The first-order chi connectivity index (χ1) is 12.6. The molecule has 0 aliphatic rings. The van der Waals surface area contributed by atoms with Crippen molar-refractivity contribution in [2.24, 2.45) is 5.10 Å². The van der Waals surface area contributed by atoms with Crippen molar-refractivity contribution in [1.29, 1.82) is 0 Å². The zero-order valence-corrected chi connectivity index (χ0v) is 15.8. The molecular formula is C19H23N3O3S. The number of nitrogens with zero attached hydrogens (tertiary/aromatic N) is 1. The molecule has 2 aromatic rings. The van der Waals surface area contributed by atoms with Crippen molar-refractivity contribution in [2.45, 2.75) is 26.7 Å².